The minimum absolute atomic E-state index is 0.0365. The number of likely N-dealkylation sites (tertiary alicyclic amines) is 1. The van der Waals surface area contributed by atoms with Gasteiger partial charge in [-0.25, -0.2) is 0 Å². The molecule has 5 nitrogen and oxygen atoms in total. The largest absolute Gasteiger partial charge is 0.472 e. The summed E-state index contributed by atoms with van der Waals surface area (Å²) in [6, 6.07) is 7.86. The summed E-state index contributed by atoms with van der Waals surface area (Å²) in [6.07, 6.45) is 7.55. The van der Waals surface area contributed by atoms with Crippen LogP contribution in [0.15, 0.2) is 47.3 Å². The molecule has 2 aromatic rings. The zero-order chi connectivity index (χ0) is 15.6. The maximum absolute atomic E-state index is 12.3. The van der Waals surface area contributed by atoms with Crippen LogP contribution in [0.1, 0.15) is 23.5 Å². The monoisotopic (exact) mass is 311 g/mol. The molecule has 1 amide bonds. The van der Waals surface area contributed by atoms with Gasteiger partial charge in [0.1, 0.15) is 0 Å². The molecule has 1 aromatic carbocycles. The van der Waals surface area contributed by atoms with E-state index < -0.39 is 0 Å². The molecule has 0 radical (unpaired) electrons. The Kier molecular flexibility index (Phi) is 3.54. The van der Waals surface area contributed by atoms with Crippen LogP contribution in [0.3, 0.4) is 0 Å². The predicted molar refractivity (Wildman–Crippen MR) is 84.2 cm³/mol. The summed E-state index contributed by atoms with van der Waals surface area (Å²) in [6.45, 7) is 1.79. The van der Waals surface area contributed by atoms with Gasteiger partial charge in [0, 0.05) is 30.6 Å². The first-order valence-corrected chi connectivity index (χ1v) is 7.68. The Morgan fingerprint density at radius 1 is 1.22 bits per heavy atom. The Morgan fingerprint density at radius 3 is 3.00 bits per heavy atom. The number of furan rings is 1. The number of fused-ring (bicyclic) bond motifs is 1. The number of benzene rings is 1. The number of hydrogen-bond donors (Lipinski definition) is 0. The van der Waals surface area contributed by atoms with E-state index in [0.29, 0.717) is 5.92 Å². The molecule has 3 heterocycles. The molecule has 2 aliphatic heterocycles. The molecular weight excluding hydrogens is 294 g/mol. The molecule has 1 atom stereocenters. The number of nitrogens with zero attached hydrogens (tertiary/aromatic N) is 1. The van der Waals surface area contributed by atoms with Crippen LogP contribution >= 0.6 is 0 Å². The minimum atomic E-state index is 0.0365. The number of carbonyl (C=O) groups excluding carboxylic acids is 1. The van der Waals surface area contributed by atoms with E-state index in [2.05, 4.69) is 6.07 Å². The van der Waals surface area contributed by atoms with Crippen molar-refractivity contribution in [3.8, 4) is 11.5 Å². The SMILES string of the molecule is O=C(C=Cc1ccoc1)N1CCC(c2ccc3c(c2)OCO3)C1. The van der Waals surface area contributed by atoms with Crippen LogP contribution in [0.25, 0.3) is 6.08 Å². The first kappa shape index (κ1) is 13.9. The topological polar surface area (TPSA) is 51.9 Å². The molecule has 23 heavy (non-hydrogen) atoms. The molecule has 1 aromatic heterocycles. The van der Waals surface area contributed by atoms with E-state index in [9.17, 15) is 4.79 Å². The third-order valence-electron chi connectivity index (χ3n) is 4.33. The van der Waals surface area contributed by atoms with E-state index in [0.717, 1.165) is 36.6 Å². The van der Waals surface area contributed by atoms with Crippen molar-refractivity contribution in [1.29, 1.82) is 0 Å². The van der Waals surface area contributed by atoms with Gasteiger partial charge >= 0.3 is 0 Å². The summed E-state index contributed by atoms with van der Waals surface area (Å²) in [7, 11) is 0. The lowest BCUT2D eigenvalue weighted by molar-refractivity contribution is -0.124. The third-order valence-corrected chi connectivity index (χ3v) is 4.33. The minimum Gasteiger partial charge on any atom is -0.472 e. The highest BCUT2D eigenvalue weighted by Gasteiger charge is 2.27. The molecule has 1 unspecified atom stereocenters. The Labute approximate surface area is 134 Å². The number of amides is 1. The van der Waals surface area contributed by atoms with Gasteiger partial charge in [0.15, 0.2) is 11.5 Å². The third kappa shape index (κ3) is 2.82. The molecule has 0 N–H and O–H groups in total. The van der Waals surface area contributed by atoms with E-state index in [1.54, 1.807) is 24.7 Å². The van der Waals surface area contributed by atoms with Gasteiger partial charge in [-0.2, -0.15) is 0 Å². The quantitative estimate of drug-likeness (QED) is 0.818. The summed E-state index contributed by atoms with van der Waals surface area (Å²) in [5, 5.41) is 0. The molecule has 0 bridgehead atoms. The highest BCUT2D eigenvalue weighted by atomic mass is 16.7. The van der Waals surface area contributed by atoms with Crippen LogP contribution in [0.4, 0.5) is 0 Å². The predicted octanol–water partition coefficient (Wildman–Crippen LogP) is 3.04. The van der Waals surface area contributed by atoms with Crippen molar-refractivity contribution in [3.63, 3.8) is 0 Å². The molecule has 4 rings (SSSR count). The average molecular weight is 311 g/mol. The molecule has 118 valence electrons. The molecule has 1 saturated heterocycles. The second kappa shape index (κ2) is 5.83. The molecule has 2 aliphatic rings. The van der Waals surface area contributed by atoms with Gasteiger partial charge in [-0.05, 0) is 36.3 Å². The van der Waals surface area contributed by atoms with E-state index >= 15 is 0 Å². The van der Waals surface area contributed by atoms with Gasteiger partial charge in [-0.1, -0.05) is 6.07 Å². The van der Waals surface area contributed by atoms with Crippen molar-refractivity contribution in [2.45, 2.75) is 12.3 Å². The molecule has 0 saturated carbocycles. The smallest absolute Gasteiger partial charge is 0.246 e. The van der Waals surface area contributed by atoms with Gasteiger partial charge in [0.05, 0.1) is 12.5 Å². The summed E-state index contributed by atoms with van der Waals surface area (Å²) >= 11 is 0. The van der Waals surface area contributed by atoms with Crippen LogP contribution in [0, 0.1) is 0 Å². The van der Waals surface area contributed by atoms with Crippen LogP contribution in [-0.4, -0.2) is 30.7 Å². The zero-order valence-electron chi connectivity index (χ0n) is 12.6. The number of rotatable bonds is 3. The van der Waals surface area contributed by atoms with Crippen molar-refractivity contribution < 1.29 is 18.7 Å². The number of ether oxygens (including phenoxy) is 2. The fraction of sp³-hybridized carbons (Fsp3) is 0.278. The maximum Gasteiger partial charge on any atom is 0.246 e. The molecule has 1 fully saturated rings. The van der Waals surface area contributed by atoms with Gasteiger partial charge in [-0.3, -0.25) is 4.79 Å². The van der Waals surface area contributed by atoms with Crippen molar-refractivity contribution in [1.82, 2.24) is 4.90 Å². The summed E-state index contributed by atoms with van der Waals surface area (Å²) < 4.78 is 15.8. The van der Waals surface area contributed by atoms with E-state index in [1.807, 2.05) is 23.1 Å². The summed E-state index contributed by atoms with van der Waals surface area (Å²) in [5.41, 5.74) is 2.09. The molecule has 5 heteroatoms. The Balaban J connectivity index is 1.41. The van der Waals surface area contributed by atoms with Crippen molar-refractivity contribution in [3.05, 3.63) is 54.0 Å². The van der Waals surface area contributed by atoms with Gasteiger partial charge < -0.3 is 18.8 Å². The van der Waals surface area contributed by atoms with Gasteiger partial charge in [0.2, 0.25) is 12.7 Å². The van der Waals surface area contributed by atoms with Crippen molar-refractivity contribution >= 4 is 12.0 Å². The standard InChI is InChI=1S/C18H17NO4/c20-18(4-1-13-6-8-21-11-13)19-7-5-15(10-19)14-2-3-16-17(9-14)23-12-22-16/h1-4,6,8-9,11,15H,5,7,10,12H2. The Hall–Kier alpha value is -2.69. The zero-order valence-corrected chi connectivity index (χ0v) is 12.6. The average Bonchev–Trinajstić information content (AvgIpc) is 3.32. The van der Waals surface area contributed by atoms with Crippen molar-refractivity contribution in [2.24, 2.45) is 0 Å². The van der Waals surface area contributed by atoms with Crippen LogP contribution in [0.5, 0.6) is 11.5 Å². The van der Waals surface area contributed by atoms with Crippen LogP contribution < -0.4 is 9.47 Å². The Morgan fingerprint density at radius 2 is 2.13 bits per heavy atom. The molecular formula is C18H17NO4. The molecule has 0 spiro atoms. The summed E-state index contributed by atoms with van der Waals surface area (Å²) in [4.78, 5) is 14.1. The van der Waals surface area contributed by atoms with Crippen molar-refractivity contribution in [2.75, 3.05) is 19.9 Å². The number of carbonyl (C=O) groups is 1. The summed E-state index contributed by atoms with van der Waals surface area (Å²) in [5.74, 6) is 1.97. The fourth-order valence-electron chi connectivity index (χ4n) is 3.04. The lowest BCUT2D eigenvalue weighted by atomic mass is 9.98. The maximum atomic E-state index is 12.3. The lowest BCUT2D eigenvalue weighted by Crippen LogP contribution is -2.26. The fourth-order valence-corrected chi connectivity index (χ4v) is 3.04. The second-order valence-electron chi connectivity index (χ2n) is 5.77. The lowest BCUT2D eigenvalue weighted by Gasteiger charge is -2.15. The first-order valence-electron chi connectivity index (χ1n) is 7.68. The van der Waals surface area contributed by atoms with Crippen LogP contribution in [-0.2, 0) is 4.79 Å². The highest BCUT2D eigenvalue weighted by Crippen LogP contribution is 2.37. The van der Waals surface area contributed by atoms with Gasteiger partial charge in [-0.15, -0.1) is 0 Å². The molecule has 0 aliphatic carbocycles. The first-order chi connectivity index (χ1) is 11.3. The second-order valence-corrected chi connectivity index (χ2v) is 5.77. The van der Waals surface area contributed by atoms with E-state index in [-0.39, 0.29) is 12.7 Å². The van der Waals surface area contributed by atoms with E-state index in [4.69, 9.17) is 13.9 Å². The van der Waals surface area contributed by atoms with E-state index in [1.165, 1.54) is 5.56 Å². The van der Waals surface area contributed by atoms with Gasteiger partial charge in [0.25, 0.3) is 0 Å². The normalized spacial score (nSPS) is 19.7. The Bertz CT molecular complexity index is 735. The highest BCUT2D eigenvalue weighted by molar-refractivity contribution is 5.92. The van der Waals surface area contributed by atoms with Crippen LogP contribution in [0.2, 0.25) is 0 Å². The number of hydrogen-bond acceptors (Lipinski definition) is 4.